The summed E-state index contributed by atoms with van der Waals surface area (Å²) in [6, 6.07) is 0.752. The quantitative estimate of drug-likeness (QED) is 0.0779. The Labute approximate surface area is 190 Å². The highest BCUT2D eigenvalue weighted by molar-refractivity contribution is 8.76. The first-order chi connectivity index (χ1) is 14.0. The van der Waals surface area contributed by atoms with Crippen molar-refractivity contribution in [1.29, 1.82) is 0 Å². The van der Waals surface area contributed by atoms with Gasteiger partial charge in [-0.3, -0.25) is 0 Å². The highest BCUT2D eigenvalue weighted by Crippen LogP contribution is 2.45. The molecule has 0 saturated heterocycles. The lowest BCUT2D eigenvalue weighted by atomic mass is 10.2. The Morgan fingerprint density at radius 3 is 1.76 bits per heavy atom. The fourth-order valence-electron chi connectivity index (χ4n) is 2.95. The standard InChI is InChI=1S/C21H47N2O3PS2/c1-6-7-8-10-13-18-28-29-19-14-11-9-12-15-25-27(26-17-16-24-22)23(20(2)3)21(4)5/h20-21H,6-19,22H2,1-5H3. The summed E-state index contributed by atoms with van der Waals surface area (Å²) in [5, 5.41) is 0. The van der Waals surface area contributed by atoms with E-state index in [0.717, 1.165) is 13.0 Å². The second kappa shape index (κ2) is 22.1. The number of nitrogens with two attached hydrogens (primary N) is 1. The Morgan fingerprint density at radius 2 is 1.24 bits per heavy atom. The van der Waals surface area contributed by atoms with Gasteiger partial charge >= 0.3 is 0 Å². The summed E-state index contributed by atoms with van der Waals surface area (Å²) in [6.45, 7) is 12.6. The molecule has 8 heteroatoms. The Kier molecular flexibility index (Phi) is 22.8. The van der Waals surface area contributed by atoms with E-state index >= 15 is 0 Å². The SMILES string of the molecule is CCCCCCCSSCCCCCCOP(OCCON)N(C(C)C)C(C)C. The monoisotopic (exact) mass is 470 g/mol. The van der Waals surface area contributed by atoms with Crippen molar-refractivity contribution in [2.75, 3.05) is 31.3 Å². The molecule has 1 unspecified atom stereocenters. The van der Waals surface area contributed by atoms with Crippen LogP contribution in [0.4, 0.5) is 0 Å². The topological polar surface area (TPSA) is 57.0 Å². The third-order valence-electron chi connectivity index (χ3n) is 4.39. The number of unbranched alkanes of at least 4 members (excludes halogenated alkanes) is 7. The molecule has 0 heterocycles. The van der Waals surface area contributed by atoms with Crippen molar-refractivity contribution in [3.8, 4) is 0 Å². The minimum Gasteiger partial charge on any atom is -0.322 e. The van der Waals surface area contributed by atoms with Crippen LogP contribution in [0.2, 0.25) is 0 Å². The van der Waals surface area contributed by atoms with Crippen molar-refractivity contribution in [3.05, 3.63) is 0 Å². The maximum absolute atomic E-state index is 6.14. The molecule has 0 amide bonds. The third kappa shape index (κ3) is 18.2. The number of hydrogen-bond acceptors (Lipinski definition) is 7. The van der Waals surface area contributed by atoms with Gasteiger partial charge in [-0.05, 0) is 47.0 Å². The molecule has 0 radical (unpaired) electrons. The molecule has 0 aromatic rings. The van der Waals surface area contributed by atoms with Crippen LogP contribution < -0.4 is 5.90 Å². The molecule has 0 saturated carbocycles. The van der Waals surface area contributed by atoms with Crippen LogP contribution in [-0.4, -0.2) is 48.1 Å². The molecule has 0 aromatic heterocycles. The van der Waals surface area contributed by atoms with Crippen LogP contribution in [-0.2, 0) is 13.9 Å². The fourth-order valence-corrected chi connectivity index (χ4v) is 6.85. The summed E-state index contributed by atoms with van der Waals surface area (Å²) in [7, 11) is 3.04. The lowest BCUT2D eigenvalue weighted by Gasteiger charge is -2.35. The van der Waals surface area contributed by atoms with Gasteiger partial charge in [-0.25, -0.2) is 10.6 Å². The summed E-state index contributed by atoms with van der Waals surface area (Å²) in [4.78, 5) is 4.63. The van der Waals surface area contributed by atoms with Crippen LogP contribution in [0.5, 0.6) is 0 Å². The van der Waals surface area contributed by atoms with E-state index in [1.807, 2.05) is 10.8 Å². The zero-order valence-electron chi connectivity index (χ0n) is 19.6. The Balaban J connectivity index is 3.76. The van der Waals surface area contributed by atoms with Gasteiger partial charge in [-0.15, -0.1) is 0 Å². The molecule has 2 N–H and O–H groups in total. The van der Waals surface area contributed by atoms with E-state index in [0.29, 0.717) is 25.3 Å². The first-order valence-electron chi connectivity index (χ1n) is 11.4. The Hall–Kier alpha value is 0.930. The molecule has 1 atom stereocenters. The highest BCUT2D eigenvalue weighted by atomic mass is 33.1. The maximum atomic E-state index is 6.14. The molecular weight excluding hydrogens is 423 g/mol. The molecule has 5 nitrogen and oxygen atoms in total. The zero-order valence-corrected chi connectivity index (χ0v) is 22.1. The van der Waals surface area contributed by atoms with Crippen LogP contribution in [0.1, 0.15) is 92.4 Å². The van der Waals surface area contributed by atoms with Crippen molar-refractivity contribution in [3.63, 3.8) is 0 Å². The molecule has 0 spiro atoms. The van der Waals surface area contributed by atoms with Crippen LogP contribution in [0.15, 0.2) is 0 Å². The van der Waals surface area contributed by atoms with Crippen molar-refractivity contribution < 1.29 is 13.9 Å². The lowest BCUT2D eigenvalue weighted by molar-refractivity contribution is 0.0884. The van der Waals surface area contributed by atoms with E-state index in [4.69, 9.17) is 14.9 Å². The minimum absolute atomic E-state index is 0.376. The van der Waals surface area contributed by atoms with E-state index in [1.54, 1.807) is 0 Å². The van der Waals surface area contributed by atoms with Gasteiger partial charge in [0.25, 0.3) is 8.53 Å². The molecule has 0 bridgehead atoms. The van der Waals surface area contributed by atoms with Gasteiger partial charge < -0.3 is 13.9 Å². The molecule has 176 valence electrons. The first kappa shape index (κ1) is 29.9. The van der Waals surface area contributed by atoms with Gasteiger partial charge in [0.15, 0.2) is 0 Å². The summed E-state index contributed by atoms with van der Waals surface area (Å²) in [5.74, 6) is 7.69. The molecule has 29 heavy (non-hydrogen) atoms. The smallest absolute Gasteiger partial charge is 0.259 e. The second-order valence-corrected chi connectivity index (χ2v) is 12.0. The highest BCUT2D eigenvalue weighted by Gasteiger charge is 2.26. The largest absolute Gasteiger partial charge is 0.322 e. The van der Waals surface area contributed by atoms with Crippen LogP contribution in [0, 0.1) is 0 Å². The summed E-state index contributed by atoms with van der Waals surface area (Å²) in [5.41, 5.74) is 0. The number of nitrogens with zero attached hydrogens (tertiary/aromatic N) is 1. The molecule has 0 aromatic carbocycles. The second-order valence-electron chi connectivity index (χ2n) is 7.81. The molecule has 0 aliphatic carbocycles. The van der Waals surface area contributed by atoms with Crippen LogP contribution in [0.25, 0.3) is 0 Å². The number of hydrogen-bond donors (Lipinski definition) is 1. The van der Waals surface area contributed by atoms with Crippen LogP contribution >= 0.6 is 30.1 Å². The normalized spacial score (nSPS) is 13.1. The van der Waals surface area contributed by atoms with Gasteiger partial charge in [0.2, 0.25) is 0 Å². The zero-order chi connectivity index (χ0) is 21.7. The molecular formula is C21H47N2O3PS2. The molecule has 0 fully saturated rings. The van der Waals surface area contributed by atoms with Gasteiger partial charge in [-0.1, -0.05) is 67.0 Å². The Morgan fingerprint density at radius 1 is 0.724 bits per heavy atom. The van der Waals surface area contributed by atoms with Gasteiger partial charge in [0, 0.05) is 23.6 Å². The predicted octanol–water partition coefficient (Wildman–Crippen LogP) is 7.17. The summed E-state index contributed by atoms with van der Waals surface area (Å²) < 4.78 is 14.4. The van der Waals surface area contributed by atoms with E-state index < -0.39 is 8.53 Å². The van der Waals surface area contributed by atoms with Gasteiger partial charge in [0.05, 0.1) is 19.8 Å². The number of rotatable bonds is 22. The van der Waals surface area contributed by atoms with Crippen molar-refractivity contribution >= 4 is 30.1 Å². The minimum atomic E-state index is -1.06. The van der Waals surface area contributed by atoms with Crippen LogP contribution in [0.3, 0.4) is 0 Å². The van der Waals surface area contributed by atoms with Crippen molar-refractivity contribution in [2.45, 2.75) is 104 Å². The predicted molar refractivity (Wildman–Crippen MR) is 133 cm³/mol. The average Bonchev–Trinajstić information content (AvgIpc) is 2.67. The molecule has 0 aliphatic heterocycles. The summed E-state index contributed by atoms with van der Waals surface area (Å²) in [6.07, 6.45) is 11.8. The third-order valence-corrected chi connectivity index (χ3v) is 9.07. The van der Waals surface area contributed by atoms with E-state index in [-0.39, 0.29) is 0 Å². The van der Waals surface area contributed by atoms with E-state index in [2.05, 4.69) is 54.9 Å². The van der Waals surface area contributed by atoms with Gasteiger partial charge in [0.1, 0.15) is 0 Å². The van der Waals surface area contributed by atoms with Crippen molar-refractivity contribution in [2.24, 2.45) is 5.90 Å². The van der Waals surface area contributed by atoms with E-state index in [9.17, 15) is 0 Å². The van der Waals surface area contributed by atoms with Gasteiger partial charge in [-0.2, -0.15) is 0 Å². The fraction of sp³-hybridized carbons (Fsp3) is 1.00. The maximum Gasteiger partial charge on any atom is 0.259 e. The lowest BCUT2D eigenvalue weighted by Crippen LogP contribution is -2.34. The van der Waals surface area contributed by atoms with Crippen molar-refractivity contribution in [1.82, 2.24) is 4.67 Å². The first-order valence-corrected chi connectivity index (χ1v) is 15.1. The summed E-state index contributed by atoms with van der Waals surface area (Å²) >= 11 is 0. The van der Waals surface area contributed by atoms with E-state index in [1.165, 1.54) is 62.9 Å². The average molecular weight is 471 g/mol. The molecule has 0 rings (SSSR count). The Bertz CT molecular complexity index is 335. The molecule has 0 aliphatic rings.